The smallest absolute Gasteiger partial charge is 0.231 e. The number of nitrogens with one attached hydrogen (secondary N) is 1. The van der Waals surface area contributed by atoms with Gasteiger partial charge in [-0.25, -0.2) is 4.98 Å². The quantitative estimate of drug-likeness (QED) is 0.789. The van der Waals surface area contributed by atoms with Gasteiger partial charge in [-0.2, -0.15) is 0 Å². The second-order valence-electron chi connectivity index (χ2n) is 4.89. The summed E-state index contributed by atoms with van der Waals surface area (Å²) < 4.78 is 0.979. The summed E-state index contributed by atoms with van der Waals surface area (Å²) in [7, 11) is 0. The van der Waals surface area contributed by atoms with Gasteiger partial charge in [-0.1, -0.05) is 36.7 Å². The van der Waals surface area contributed by atoms with Crippen molar-refractivity contribution in [3.63, 3.8) is 0 Å². The average Bonchev–Trinajstić information content (AvgIpc) is 2.33. The number of aromatic nitrogens is 1. The molecule has 0 aromatic carbocycles. The lowest BCUT2D eigenvalue weighted by atomic mass is 9.89. The summed E-state index contributed by atoms with van der Waals surface area (Å²) in [5.74, 6) is 0.608. The van der Waals surface area contributed by atoms with Crippen LogP contribution in [0.4, 0.5) is 5.82 Å². The van der Waals surface area contributed by atoms with E-state index in [9.17, 15) is 4.79 Å². The summed E-state index contributed by atoms with van der Waals surface area (Å²) in [5, 5.41) is 3.60. The molecule has 3 nitrogen and oxygen atoms in total. The number of halogens is 2. The van der Waals surface area contributed by atoms with Gasteiger partial charge in [0.25, 0.3) is 0 Å². The molecule has 0 radical (unpaired) electrons. The number of aryl methyl sites for hydroxylation is 1. The zero-order chi connectivity index (χ0) is 13.9. The third-order valence-corrected chi connectivity index (χ3v) is 4.77. The standard InChI is InChI=1S/C13H18Br2N2O/c1-5-13(3,4)12(18)17-10-6-9(7-14)11(15)8(2)16-10/h6H,5,7H2,1-4H3,(H,16,17,18). The largest absolute Gasteiger partial charge is 0.310 e. The fourth-order valence-electron chi connectivity index (χ4n) is 1.33. The van der Waals surface area contributed by atoms with Crippen LogP contribution >= 0.6 is 31.9 Å². The maximum atomic E-state index is 12.1. The molecule has 0 aliphatic heterocycles. The Hall–Kier alpha value is -0.420. The average molecular weight is 378 g/mol. The van der Waals surface area contributed by atoms with E-state index in [0.717, 1.165) is 27.5 Å². The summed E-state index contributed by atoms with van der Waals surface area (Å²) in [5.41, 5.74) is 1.57. The lowest BCUT2D eigenvalue weighted by molar-refractivity contribution is -0.124. The van der Waals surface area contributed by atoms with E-state index in [4.69, 9.17) is 0 Å². The number of carbonyl (C=O) groups excluding carboxylic acids is 1. The molecule has 0 aliphatic rings. The minimum absolute atomic E-state index is 0.000236. The summed E-state index contributed by atoms with van der Waals surface area (Å²) in [4.78, 5) is 16.5. The molecule has 1 aromatic rings. The molecule has 5 heteroatoms. The molecule has 0 spiro atoms. The van der Waals surface area contributed by atoms with Crippen LogP contribution in [0.15, 0.2) is 10.5 Å². The van der Waals surface area contributed by atoms with E-state index in [1.165, 1.54) is 0 Å². The zero-order valence-corrected chi connectivity index (χ0v) is 14.3. The highest BCUT2D eigenvalue weighted by Crippen LogP contribution is 2.27. The first kappa shape index (κ1) is 15.6. The lowest BCUT2D eigenvalue weighted by Gasteiger charge is -2.21. The Labute approximate surface area is 125 Å². The van der Waals surface area contributed by atoms with Crippen LogP contribution in [0.25, 0.3) is 0 Å². The molecule has 0 saturated carbocycles. The number of carbonyl (C=O) groups is 1. The molecule has 1 aromatic heterocycles. The monoisotopic (exact) mass is 376 g/mol. The van der Waals surface area contributed by atoms with Gasteiger partial charge in [0.05, 0.1) is 5.69 Å². The Bertz CT molecular complexity index is 459. The van der Waals surface area contributed by atoms with Crippen molar-refractivity contribution in [2.75, 3.05) is 5.32 Å². The molecule has 0 bridgehead atoms. The molecule has 0 unspecified atom stereocenters. The molecule has 18 heavy (non-hydrogen) atoms. The number of alkyl halides is 1. The van der Waals surface area contributed by atoms with Crippen molar-refractivity contribution in [2.24, 2.45) is 5.41 Å². The highest BCUT2D eigenvalue weighted by atomic mass is 79.9. The first-order valence-electron chi connectivity index (χ1n) is 5.85. The van der Waals surface area contributed by atoms with Crippen molar-refractivity contribution in [1.29, 1.82) is 0 Å². The van der Waals surface area contributed by atoms with Crippen molar-refractivity contribution < 1.29 is 4.79 Å². The molecular formula is C13H18Br2N2O. The predicted molar refractivity (Wildman–Crippen MR) is 82.0 cm³/mol. The van der Waals surface area contributed by atoms with E-state index in [1.807, 2.05) is 33.8 Å². The van der Waals surface area contributed by atoms with Crippen LogP contribution in [0.1, 0.15) is 38.4 Å². The van der Waals surface area contributed by atoms with Gasteiger partial charge in [0.15, 0.2) is 0 Å². The van der Waals surface area contributed by atoms with Gasteiger partial charge in [-0.15, -0.1) is 0 Å². The second-order valence-corrected chi connectivity index (χ2v) is 6.24. The first-order chi connectivity index (χ1) is 8.31. The van der Waals surface area contributed by atoms with Gasteiger partial charge in [-0.3, -0.25) is 4.79 Å². The van der Waals surface area contributed by atoms with Crippen molar-refractivity contribution in [1.82, 2.24) is 4.98 Å². The molecule has 1 rings (SSSR count). The van der Waals surface area contributed by atoms with Crippen LogP contribution in [0, 0.1) is 12.3 Å². The van der Waals surface area contributed by atoms with E-state index >= 15 is 0 Å². The molecular weight excluding hydrogens is 360 g/mol. The number of amides is 1. The third kappa shape index (κ3) is 3.54. The molecule has 1 N–H and O–H groups in total. The molecule has 0 fully saturated rings. The molecule has 1 amide bonds. The fraction of sp³-hybridized carbons (Fsp3) is 0.538. The number of anilines is 1. The maximum Gasteiger partial charge on any atom is 0.231 e. The van der Waals surface area contributed by atoms with Crippen LogP contribution < -0.4 is 5.32 Å². The molecule has 0 atom stereocenters. The Morgan fingerprint density at radius 1 is 1.50 bits per heavy atom. The minimum atomic E-state index is -0.378. The summed E-state index contributed by atoms with van der Waals surface area (Å²) in [6.07, 6.45) is 0.791. The van der Waals surface area contributed by atoms with Crippen LogP contribution in [0.2, 0.25) is 0 Å². The Balaban J connectivity index is 2.99. The number of nitrogens with zero attached hydrogens (tertiary/aromatic N) is 1. The van der Waals surface area contributed by atoms with Crippen LogP contribution in [-0.2, 0) is 10.1 Å². The molecule has 0 saturated heterocycles. The molecule has 1 heterocycles. The van der Waals surface area contributed by atoms with Gasteiger partial charge in [-0.05, 0) is 40.9 Å². The van der Waals surface area contributed by atoms with Gasteiger partial charge in [0.1, 0.15) is 5.82 Å². The second kappa shape index (κ2) is 6.15. The van der Waals surface area contributed by atoms with E-state index in [0.29, 0.717) is 5.82 Å². The highest BCUT2D eigenvalue weighted by Gasteiger charge is 2.25. The molecule has 0 aliphatic carbocycles. The molecule has 100 valence electrons. The van der Waals surface area contributed by atoms with Crippen molar-refractivity contribution in [3.05, 3.63) is 21.8 Å². The topological polar surface area (TPSA) is 42.0 Å². The van der Waals surface area contributed by atoms with Crippen LogP contribution in [0.5, 0.6) is 0 Å². The van der Waals surface area contributed by atoms with Crippen LogP contribution in [0.3, 0.4) is 0 Å². The van der Waals surface area contributed by atoms with Crippen molar-refractivity contribution in [3.8, 4) is 0 Å². The van der Waals surface area contributed by atoms with Gasteiger partial charge < -0.3 is 5.32 Å². The van der Waals surface area contributed by atoms with Crippen molar-refractivity contribution in [2.45, 2.75) is 39.4 Å². The lowest BCUT2D eigenvalue weighted by Crippen LogP contribution is -2.30. The zero-order valence-electron chi connectivity index (χ0n) is 11.1. The fourth-order valence-corrected chi connectivity index (χ4v) is 2.49. The van der Waals surface area contributed by atoms with Crippen molar-refractivity contribution >= 4 is 43.6 Å². The Kier molecular flexibility index (Phi) is 5.34. The summed E-state index contributed by atoms with van der Waals surface area (Å²) in [6, 6.07) is 1.88. The normalized spacial score (nSPS) is 11.4. The SMILES string of the molecule is CCC(C)(C)C(=O)Nc1cc(CBr)c(Br)c(C)n1. The van der Waals surface area contributed by atoms with Crippen LogP contribution in [-0.4, -0.2) is 10.9 Å². The van der Waals surface area contributed by atoms with Gasteiger partial charge >= 0.3 is 0 Å². The maximum absolute atomic E-state index is 12.1. The van der Waals surface area contributed by atoms with E-state index < -0.39 is 0 Å². The first-order valence-corrected chi connectivity index (χ1v) is 7.76. The third-order valence-electron chi connectivity index (χ3n) is 3.08. The Morgan fingerprint density at radius 2 is 2.11 bits per heavy atom. The van der Waals surface area contributed by atoms with E-state index in [1.54, 1.807) is 0 Å². The number of hydrogen-bond donors (Lipinski definition) is 1. The highest BCUT2D eigenvalue weighted by molar-refractivity contribution is 9.10. The summed E-state index contributed by atoms with van der Waals surface area (Å²) >= 11 is 6.91. The van der Waals surface area contributed by atoms with E-state index in [-0.39, 0.29) is 11.3 Å². The van der Waals surface area contributed by atoms with Gasteiger partial charge in [0.2, 0.25) is 5.91 Å². The number of pyridine rings is 1. The number of rotatable bonds is 4. The van der Waals surface area contributed by atoms with Gasteiger partial charge in [0, 0.05) is 15.2 Å². The number of hydrogen-bond acceptors (Lipinski definition) is 2. The van der Waals surface area contributed by atoms with E-state index in [2.05, 4.69) is 42.2 Å². The predicted octanol–water partition coefficient (Wildman–Crippen LogP) is 4.42. The summed E-state index contributed by atoms with van der Waals surface area (Å²) in [6.45, 7) is 7.78. The minimum Gasteiger partial charge on any atom is -0.310 e. The Morgan fingerprint density at radius 3 is 2.61 bits per heavy atom.